The summed E-state index contributed by atoms with van der Waals surface area (Å²) in [6.45, 7) is 0. The van der Waals surface area contributed by atoms with E-state index < -0.39 is 11.1 Å². The third-order valence-electron chi connectivity index (χ3n) is 3.76. The van der Waals surface area contributed by atoms with E-state index in [1.54, 1.807) is 18.2 Å². The summed E-state index contributed by atoms with van der Waals surface area (Å²) >= 11 is 0. The summed E-state index contributed by atoms with van der Waals surface area (Å²) in [6, 6.07) is 4.60. The van der Waals surface area contributed by atoms with Gasteiger partial charge in [-0.15, -0.1) is 0 Å². The number of hydrogen-bond acceptors (Lipinski definition) is 3. The van der Waals surface area contributed by atoms with Crippen molar-refractivity contribution >= 4 is 22.5 Å². The molecule has 1 aromatic carbocycles. The fourth-order valence-corrected chi connectivity index (χ4v) is 2.75. The van der Waals surface area contributed by atoms with E-state index in [1.807, 2.05) is 0 Å². The summed E-state index contributed by atoms with van der Waals surface area (Å²) in [5.41, 5.74) is -0.513. The third-order valence-corrected chi connectivity index (χ3v) is 3.76. The highest BCUT2D eigenvalue weighted by molar-refractivity contribution is 6.00. The summed E-state index contributed by atoms with van der Waals surface area (Å²) in [7, 11) is 0. The Morgan fingerprint density at radius 2 is 1.81 bits per heavy atom. The van der Waals surface area contributed by atoms with Gasteiger partial charge >= 0.3 is 6.03 Å². The number of carbonyl (C=O) groups excluding carboxylic acids is 1. The second kappa shape index (κ2) is 5.43. The normalized spacial score (nSPS) is 15.2. The predicted molar refractivity (Wildman–Crippen MR) is 79.6 cm³/mol. The number of amides is 2. The molecule has 1 heterocycles. The van der Waals surface area contributed by atoms with Crippen molar-refractivity contribution in [3.8, 4) is 0 Å². The van der Waals surface area contributed by atoms with E-state index in [0.29, 0.717) is 5.69 Å². The van der Waals surface area contributed by atoms with E-state index in [0.717, 1.165) is 25.7 Å². The Balaban J connectivity index is 1.90. The number of carbonyl (C=O) groups is 1. The van der Waals surface area contributed by atoms with Gasteiger partial charge in [0.1, 0.15) is 0 Å². The van der Waals surface area contributed by atoms with Gasteiger partial charge in [-0.2, -0.15) is 0 Å². The van der Waals surface area contributed by atoms with E-state index >= 15 is 0 Å². The Kier molecular flexibility index (Phi) is 3.47. The van der Waals surface area contributed by atoms with Crippen molar-refractivity contribution in [2.24, 2.45) is 0 Å². The van der Waals surface area contributed by atoms with Crippen LogP contribution in [0.3, 0.4) is 0 Å². The van der Waals surface area contributed by atoms with E-state index in [1.165, 1.54) is 0 Å². The van der Waals surface area contributed by atoms with Crippen molar-refractivity contribution in [1.82, 2.24) is 15.5 Å². The van der Waals surface area contributed by atoms with Crippen molar-refractivity contribution in [2.75, 3.05) is 5.32 Å². The summed E-state index contributed by atoms with van der Waals surface area (Å²) in [4.78, 5) is 35.6. The highest BCUT2D eigenvalue weighted by Gasteiger charge is 2.18. The van der Waals surface area contributed by atoms with Gasteiger partial charge in [0.2, 0.25) is 0 Å². The molecule has 0 saturated heterocycles. The maximum absolute atomic E-state index is 12.0. The highest BCUT2D eigenvalue weighted by Crippen LogP contribution is 2.19. The minimum absolute atomic E-state index is 0.182. The van der Waals surface area contributed by atoms with Crippen molar-refractivity contribution in [3.05, 3.63) is 38.9 Å². The van der Waals surface area contributed by atoms with Crippen molar-refractivity contribution in [3.63, 3.8) is 0 Å². The third kappa shape index (κ3) is 2.67. The lowest BCUT2D eigenvalue weighted by Gasteiger charge is -2.13. The summed E-state index contributed by atoms with van der Waals surface area (Å²) < 4.78 is 0. The Hall–Kier alpha value is -2.57. The highest BCUT2D eigenvalue weighted by atomic mass is 16.2. The molecular formula is C14H16N4O3. The van der Waals surface area contributed by atoms with Crippen LogP contribution in [0.25, 0.3) is 10.8 Å². The maximum atomic E-state index is 12.0. The molecule has 0 atom stereocenters. The average molecular weight is 288 g/mol. The first-order chi connectivity index (χ1) is 10.1. The number of hydrogen-bond donors (Lipinski definition) is 4. The molecule has 21 heavy (non-hydrogen) atoms. The molecule has 0 bridgehead atoms. The molecule has 0 spiro atoms. The first-order valence-corrected chi connectivity index (χ1v) is 6.96. The first kappa shape index (κ1) is 13.4. The van der Waals surface area contributed by atoms with Crippen LogP contribution in [0.4, 0.5) is 10.5 Å². The van der Waals surface area contributed by atoms with Gasteiger partial charge in [-0.25, -0.2) is 4.79 Å². The fraction of sp³-hybridized carbons (Fsp3) is 0.357. The number of urea groups is 1. The van der Waals surface area contributed by atoms with Gasteiger partial charge < -0.3 is 10.6 Å². The smallest absolute Gasteiger partial charge is 0.319 e. The zero-order valence-electron chi connectivity index (χ0n) is 11.4. The van der Waals surface area contributed by atoms with Gasteiger partial charge in [-0.3, -0.25) is 19.8 Å². The van der Waals surface area contributed by atoms with Gasteiger partial charge in [0.05, 0.1) is 16.5 Å². The van der Waals surface area contributed by atoms with Crippen LogP contribution in [-0.2, 0) is 0 Å². The quantitative estimate of drug-likeness (QED) is 0.668. The first-order valence-electron chi connectivity index (χ1n) is 6.96. The van der Waals surface area contributed by atoms with Crippen LogP contribution in [-0.4, -0.2) is 22.3 Å². The molecule has 1 aliphatic rings. The SMILES string of the molecule is O=C(Nc1cccc2c(=O)[nH][nH]c(=O)c12)NC1CCCC1. The molecule has 110 valence electrons. The lowest BCUT2D eigenvalue weighted by molar-refractivity contribution is 0.248. The molecule has 0 radical (unpaired) electrons. The number of aromatic nitrogens is 2. The Morgan fingerprint density at radius 1 is 1.10 bits per heavy atom. The lowest BCUT2D eigenvalue weighted by Crippen LogP contribution is -2.36. The average Bonchev–Trinajstić information content (AvgIpc) is 2.96. The van der Waals surface area contributed by atoms with Crippen LogP contribution in [0.2, 0.25) is 0 Å². The molecule has 7 heteroatoms. The number of fused-ring (bicyclic) bond motifs is 1. The molecule has 0 aliphatic heterocycles. The predicted octanol–water partition coefficient (Wildman–Crippen LogP) is 1.28. The topological polar surface area (TPSA) is 107 Å². The van der Waals surface area contributed by atoms with Gasteiger partial charge in [-0.05, 0) is 25.0 Å². The summed E-state index contributed by atoms with van der Waals surface area (Å²) in [5, 5.41) is 10.5. The van der Waals surface area contributed by atoms with E-state index in [-0.39, 0.29) is 22.8 Å². The van der Waals surface area contributed by atoms with Crippen LogP contribution in [0.5, 0.6) is 0 Å². The van der Waals surface area contributed by atoms with Crippen molar-refractivity contribution in [2.45, 2.75) is 31.7 Å². The molecule has 2 amide bonds. The molecule has 3 rings (SSSR count). The zero-order chi connectivity index (χ0) is 14.8. The van der Waals surface area contributed by atoms with Crippen LogP contribution in [0.15, 0.2) is 27.8 Å². The van der Waals surface area contributed by atoms with Gasteiger partial charge in [0, 0.05) is 6.04 Å². The van der Waals surface area contributed by atoms with E-state index in [4.69, 9.17) is 0 Å². The molecule has 2 aromatic rings. The minimum Gasteiger partial charge on any atom is -0.335 e. The Bertz CT molecular complexity index is 787. The van der Waals surface area contributed by atoms with Crippen LogP contribution in [0, 0.1) is 0 Å². The van der Waals surface area contributed by atoms with Crippen LogP contribution < -0.4 is 21.8 Å². The van der Waals surface area contributed by atoms with Gasteiger partial charge in [-0.1, -0.05) is 18.9 Å². The van der Waals surface area contributed by atoms with Crippen molar-refractivity contribution < 1.29 is 4.79 Å². The summed E-state index contributed by atoms with van der Waals surface area (Å²) in [6.07, 6.45) is 4.19. The number of benzene rings is 1. The zero-order valence-corrected chi connectivity index (χ0v) is 11.4. The maximum Gasteiger partial charge on any atom is 0.319 e. The largest absolute Gasteiger partial charge is 0.335 e. The molecule has 1 aromatic heterocycles. The summed E-state index contributed by atoms with van der Waals surface area (Å²) in [5.74, 6) is 0. The molecule has 1 aliphatic carbocycles. The Morgan fingerprint density at radius 3 is 2.57 bits per heavy atom. The number of rotatable bonds is 2. The van der Waals surface area contributed by atoms with Crippen LogP contribution in [0.1, 0.15) is 25.7 Å². The molecule has 0 unspecified atom stereocenters. The van der Waals surface area contributed by atoms with Gasteiger partial charge in [0.25, 0.3) is 11.1 Å². The van der Waals surface area contributed by atoms with E-state index in [9.17, 15) is 14.4 Å². The second-order valence-electron chi connectivity index (χ2n) is 5.22. The lowest BCUT2D eigenvalue weighted by atomic mass is 10.1. The molecule has 7 nitrogen and oxygen atoms in total. The molecule has 1 saturated carbocycles. The second-order valence-corrected chi connectivity index (χ2v) is 5.22. The van der Waals surface area contributed by atoms with E-state index in [2.05, 4.69) is 20.8 Å². The molecular weight excluding hydrogens is 272 g/mol. The number of H-pyrrole nitrogens is 2. The number of aromatic amines is 2. The standard InChI is InChI=1S/C14H16N4O3/c19-12-9-6-3-7-10(11(9)13(20)18-17-12)16-14(21)15-8-4-1-2-5-8/h3,6-8H,1-2,4-5H2,(H,17,19)(H,18,20)(H2,15,16,21). The monoisotopic (exact) mass is 288 g/mol. The molecule has 1 fully saturated rings. The Labute approximate surface area is 119 Å². The van der Waals surface area contributed by atoms with Crippen molar-refractivity contribution in [1.29, 1.82) is 0 Å². The molecule has 4 N–H and O–H groups in total. The van der Waals surface area contributed by atoms with Gasteiger partial charge in [0.15, 0.2) is 0 Å². The van der Waals surface area contributed by atoms with Crippen LogP contribution >= 0.6 is 0 Å². The minimum atomic E-state index is -0.443. The number of anilines is 1. The number of nitrogens with one attached hydrogen (secondary N) is 4. The fourth-order valence-electron chi connectivity index (χ4n) is 2.75.